The van der Waals surface area contributed by atoms with E-state index in [9.17, 15) is 70.7 Å². The number of hydrogen-bond acceptors (Lipinski definition) is 21. The zero-order valence-corrected chi connectivity index (χ0v) is 25.1. The van der Waals surface area contributed by atoms with Crippen molar-refractivity contribution < 1.29 is 109 Å². The second-order valence-corrected chi connectivity index (χ2v) is 12.4. The Morgan fingerprint density at radius 2 is 1.22 bits per heavy atom. The van der Waals surface area contributed by atoms with E-state index in [1.807, 2.05) is 0 Å². The van der Waals surface area contributed by atoms with Crippen molar-refractivity contribution >= 4 is 7.82 Å². The van der Waals surface area contributed by atoms with Gasteiger partial charge in [0, 0.05) is 0 Å². The minimum atomic E-state index is -5.40. The summed E-state index contributed by atoms with van der Waals surface area (Å²) >= 11 is 0. The molecule has 272 valence electrons. The predicted octanol–water partition coefficient (Wildman–Crippen LogP) is -8.33. The third-order valence-corrected chi connectivity index (χ3v) is 8.65. The summed E-state index contributed by atoms with van der Waals surface area (Å²) in [6.45, 7) is -2.71. The van der Waals surface area contributed by atoms with Gasteiger partial charge < -0.3 is 95.0 Å². The number of aliphatic hydroxyl groups is 13. The molecule has 3 fully saturated rings. The van der Waals surface area contributed by atoms with Gasteiger partial charge in [0.25, 0.3) is 0 Å². The van der Waals surface area contributed by atoms with Crippen molar-refractivity contribution in [2.45, 2.75) is 117 Å². The van der Waals surface area contributed by atoms with Gasteiger partial charge in [-0.25, -0.2) is 4.57 Å². The van der Waals surface area contributed by atoms with E-state index in [-0.39, 0.29) is 0 Å². The molecule has 3 saturated heterocycles. The zero-order chi connectivity index (χ0) is 34.7. The van der Waals surface area contributed by atoms with Gasteiger partial charge in [0.05, 0.1) is 32.5 Å². The second kappa shape index (κ2) is 16.9. The fourth-order valence-electron chi connectivity index (χ4n) is 4.91. The van der Waals surface area contributed by atoms with Crippen molar-refractivity contribution in [2.75, 3.05) is 26.4 Å². The van der Waals surface area contributed by atoms with Crippen LogP contribution in [-0.4, -0.2) is 208 Å². The van der Waals surface area contributed by atoms with Crippen LogP contribution >= 0.6 is 7.82 Å². The average Bonchev–Trinajstić information content (AvgIpc) is 3.02. The predicted molar refractivity (Wildman–Crippen MR) is 140 cm³/mol. The van der Waals surface area contributed by atoms with Crippen molar-refractivity contribution in [3.05, 3.63) is 0 Å². The smallest absolute Gasteiger partial charge is 0.394 e. The maximum absolute atomic E-state index is 12.7. The Bertz CT molecular complexity index is 966. The van der Waals surface area contributed by atoms with Gasteiger partial charge in [-0.15, -0.1) is 0 Å². The second-order valence-electron chi connectivity index (χ2n) is 11.0. The van der Waals surface area contributed by atoms with Crippen LogP contribution in [0.1, 0.15) is 6.92 Å². The van der Waals surface area contributed by atoms with Crippen LogP contribution in [0.25, 0.3) is 0 Å². The molecule has 0 spiro atoms. The Morgan fingerprint density at radius 3 is 1.80 bits per heavy atom. The first-order chi connectivity index (χ1) is 21.5. The summed E-state index contributed by atoms with van der Waals surface area (Å²) in [7, 11) is -5.40. The summed E-state index contributed by atoms with van der Waals surface area (Å²) in [6.07, 6.45) is -33.6. The normalized spacial score (nSPS) is 45.5. The van der Waals surface area contributed by atoms with Crippen LogP contribution in [0.4, 0.5) is 0 Å². The van der Waals surface area contributed by atoms with Crippen LogP contribution < -0.4 is 0 Å². The molecule has 0 aromatic heterocycles. The van der Waals surface area contributed by atoms with E-state index in [1.54, 1.807) is 0 Å². The lowest BCUT2D eigenvalue weighted by Crippen LogP contribution is -2.66. The number of aliphatic hydroxyl groups excluding tert-OH is 13. The topological polar surface area (TPSA) is 365 Å². The highest BCUT2D eigenvalue weighted by Gasteiger charge is 2.54. The van der Waals surface area contributed by atoms with Gasteiger partial charge in [-0.05, 0) is 6.92 Å². The summed E-state index contributed by atoms with van der Waals surface area (Å²) in [5, 5.41) is 131. The minimum absolute atomic E-state index is 0.934. The lowest BCUT2D eigenvalue weighted by Gasteiger charge is -2.48. The van der Waals surface area contributed by atoms with E-state index >= 15 is 0 Å². The molecule has 0 saturated carbocycles. The zero-order valence-electron chi connectivity index (χ0n) is 24.2. The van der Waals surface area contributed by atoms with Crippen LogP contribution in [0.3, 0.4) is 0 Å². The quantitative estimate of drug-likeness (QED) is 0.0747. The molecule has 0 aromatic carbocycles. The maximum atomic E-state index is 12.7. The van der Waals surface area contributed by atoms with Crippen LogP contribution in [-0.2, 0) is 37.3 Å². The molecule has 3 aliphatic heterocycles. The van der Waals surface area contributed by atoms with Gasteiger partial charge in [-0.3, -0.25) is 9.05 Å². The van der Waals surface area contributed by atoms with E-state index in [2.05, 4.69) is 4.52 Å². The van der Waals surface area contributed by atoms with Crippen LogP contribution in [0.15, 0.2) is 0 Å². The summed E-state index contributed by atoms with van der Waals surface area (Å²) in [5.74, 6) is 0. The SMILES string of the molecule is C[C@@H]1O[C@@H](O)[C@H](O)[C@H](O[C@H]2O[C@H](CO)[C@@H](O)[C@H](O[C@H]3O[C@H](CO)[C@H](O)[C@H](O)[C@H]3OP(=O)(O)OC[C@@H](O)[C@@H](O)[C@@H](O)CO)[C@H]2O)[C@H]1O. The minimum Gasteiger partial charge on any atom is -0.394 e. The molecular formula is C23H43O22P. The molecular weight excluding hydrogens is 659 g/mol. The van der Waals surface area contributed by atoms with Crippen molar-refractivity contribution in [3.8, 4) is 0 Å². The number of ether oxygens (including phenoxy) is 5. The molecule has 46 heavy (non-hydrogen) atoms. The fraction of sp³-hybridized carbons (Fsp3) is 1.00. The van der Waals surface area contributed by atoms with Crippen LogP contribution in [0, 0.1) is 0 Å². The molecule has 3 heterocycles. The van der Waals surface area contributed by atoms with E-state index in [4.69, 9.17) is 33.3 Å². The molecule has 14 N–H and O–H groups in total. The van der Waals surface area contributed by atoms with E-state index < -0.39 is 145 Å². The maximum Gasteiger partial charge on any atom is 0.472 e. The Kier molecular flexibility index (Phi) is 14.6. The molecule has 23 heteroatoms. The fourth-order valence-corrected chi connectivity index (χ4v) is 5.84. The standard InChI is InChI=1S/C23H43O22P/c1-6-11(29)18(16(34)21(36)40-6)43-22-17(35)19(14(32)10(4-26)41-22)44-23-20(15(33)13(31)9(3-25)42-23)45-46(37,38)39-5-8(28)12(30)7(27)2-24/h6-36H,2-5H2,1H3,(H,37,38)/t6-,7-,8+,9+,10+,11-,12-,13-,14+,15-,16+,17+,18+,19-,20+,21+,22+,23+/m0/s1. The molecule has 0 radical (unpaired) electrons. The van der Waals surface area contributed by atoms with Gasteiger partial charge >= 0.3 is 7.82 Å². The van der Waals surface area contributed by atoms with E-state index in [1.165, 1.54) is 6.92 Å². The summed E-state index contributed by atoms with van der Waals surface area (Å²) in [5.41, 5.74) is 0. The molecule has 22 nitrogen and oxygen atoms in total. The summed E-state index contributed by atoms with van der Waals surface area (Å²) in [4.78, 5) is 10.2. The molecule has 3 aliphatic rings. The lowest BCUT2D eigenvalue weighted by molar-refractivity contribution is -0.377. The van der Waals surface area contributed by atoms with Crippen molar-refractivity contribution in [1.29, 1.82) is 0 Å². The molecule has 1 unspecified atom stereocenters. The van der Waals surface area contributed by atoms with Crippen molar-refractivity contribution in [1.82, 2.24) is 0 Å². The summed E-state index contributed by atoms with van der Waals surface area (Å²) < 4.78 is 49.0. The van der Waals surface area contributed by atoms with E-state index in [0.29, 0.717) is 0 Å². The molecule has 0 aromatic rings. The molecule has 3 rings (SSSR count). The first-order valence-corrected chi connectivity index (χ1v) is 15.5. The number of phosphoric ester groups is 1. The third kappa shape index (κ3) is 9.13. The Balaban J connectivity index is 1.82. The number of rotatable bonds is 14. The largest absolute Gasteiger partial charge is 0.472 e. The van der Waals surface area contributed by atoms with Crippen LogP contribution in [0.2, 0.25) is 0 Å². The lowest BCUT2D eigenvalue weighted by atomic mass is 9.96. The molecule has 0 aliphatic carbocycles. The first kappa shape index (κ1) is 39.8. The van der Waals surface area contributed by atoms with Gasteiger partial charge in [0.2, 0.25) is 0 Å². The van der Waals surface area contributed by atoms with Crippen molar-refractivity contribution in [3.63, 3.8) is 0 Å². The number of phosphoric acid groups is 1. The van der Waals surface area contributed by atoms with Gasteiger partial charge in [0.15, 0.2) is 18.9 Å². The van der Waals surface area contributed by atoms with Crippen LogP contribution in [0.5, 0.6) is 0 Å². The third-order valence-electron chi connectivity index (χ3n) is 7.67. The summed E-state index contributed by atoms with van der Waals surface area (Å²) in [6, 6.07) is 0. The average molecular weight is 703 g/mol. The highest BCUT2D eigenvalue weighted by atomic mass is 31.2. The van der Waals surface area contributed by atoms with E-state index in [0.717, 1.165) is 0 Å². The molecule has 0 bridgehead atoms. The van der Waals surface area contributed by atoms with Gasteiger partial charge in [0.1, 0.15) is 85.5 Å². The Hall–Kier alpha value is -0.610. The molecule has 19 atom stereocenters. The number of hydrogen-bond donors (Lipinski definition) is 14. The van der Waals surface area contributed by atoms with Gasteiger partial charge in [-0.2, -0.15) is 0 Å². The van der Waals surface area contributed by atoms with Crippen molar-refractivity contribution in [2.24, 2.45) is 0 Å². The monoisotopic (exact) mass is 702 g/mol. The first-order valence-electron chi connectivity index (χ1n) is 14.0. The Morgan fingerprint density at radius 1 is 0.674 bits per heavy atom. The Labute approximate surface area is 260 Å². The van der Waals surface area contributed by atoms with Gasteiger partial charge in [-0.1, -0.05) is 0 Å². The highest BCUT2D eigenvalue weighted by molar-refractivity contribution is 7.47. The highest BCUT2D eigenvalue weighted by Crippen LogP contribution is 2.47. The molecule has 0 amide bonds.